The van der Waals surface area contributed by atoms with Gasteiger partial charge in [-0.1, -0.05) is 11.6 Å². The van der Waals surface area contributed by atoms with Crippen molar-refractivity contribution in [1.29, 1.82) is 0 Å². The Bertz CT molecular complexity index is 852. The number of aromatic nitrogens is 2. The number of aliphatic hydroxyl groups excluding tert-OH is 3. The van der Waals surface area contributed by atoms with Gasteiger partial charge in [-0.2, -0.15) is 0 Å². The van der Waals surface area contributed by atoms with Gasteiger partial charge in [-0.3, -0.25) is 5.32 Å². The zero-order valence-electron chi connectivity index (χ0n) is 19.4. The first-order valence-corrected chi connectivity index (χ1v) is 11.9. The van der Waals surface area contributed by atoms with E-state index in [1.54, 1.807) is 12.4 Å². The number of anilines is 1. The summed E-state index contributed by atoms with van der Waals surface area (Å²) in [5.74, 6) is 2.23. The van der Waals surface area contributed by atoms with Gasteiger partial charge >= 0.3 is 0 Å². The van der Waals surface area contributed by atoms with Gasteiger partial charge < -0.3 is 25.0 Å². The molecule has 1 unspecified atom stereocenters. The summed E-state index contributed by atoms with van der Waals surface area (Å²) in [6.07, 6.45) is 5.82. The molecule has 1 aromatic carbocycles. The minimum atomic E-state index is -0.913. The van der Waals surface area contributed by atoms with Crippen molar-refractivity contribution in [2.24, 2.45) is 5.92 Å². The third-order valence-corrected chi connectivity index (χ3v) is 6.32. The second-order valence-corrected chi connectivity index (χ2v) is 9.18. The molecule has 0 amide bonds. The Kier molecular flexibility index (Phi) is 9.70. The number of benzene rings is 1. The molecular weight excluding hydrogens is 444 g/mol. The molecule has 8 nitrogen and oxygen atoms in total. The van der Waals surface area contributed by atoms with Crippen LogP contribution < -0.4 is 15.0 Å². The van der Waals surface area contributed by atoms with Crippen LogP contribution in [0.5, 0.6) is 5.75 Å². The van der Waals surface area contributed by atoms with Crippen LogP contribution in [0.4, 0.5) is 5.95 Å². The number of aliphatic hydroxyl groups is 3. The predicted octanol–water partition coefficient (Wildman–Crippen LogP) is 2.76. The number of piperidine rings is 1. The molecule has 1 aromatic heterocycles. The SMILES string of the molecule is Cc1cc(OCCCC2CCN(c3ncc(Cl)cn3)CC2)cc(C)c1C(O)NC[C@@H](O)CO. The molecule has 1 aliphatic heterocycles. The molecule has 2 heterocycles. The van der Waals surface area contributed by atoms with E-state index in [2.05, 4.69) is 20.2 Å². The average Bonchev–Trinajstić information content (AvgIpc) is 2.81. The molecule has 0 aliphatic carbocycles. The van der Waals surface area contributed by atoms with Crippen LogP contribution in [0.2, 0.25) is 5.02 Å². The van der Waals surface area contributed by atoms with Gasteiger partial charge in [0.15, 0.2) is 0 Å². The number of halogens is 1. The Balaban J connectivity index is 1.40. The summed E-state index contributed by atoms with van der Waals surface area (Å²) in [5.41, 5.74) is 2.60. The van der Waals surface area contributed by atoms with Crippen molar-refractivity contribution in [3.63, 3.8) is 0 Å². The zero-order valence-corrected chi connectivity index (χ0v) is 20.1. The molecule has 33 heavy (non-hydrogen) atoms. The number of hydrogen-bond donors (Lipinski definition) is 4. The molecule has 9 heteroatoms. The molecule has 1 fully saturated rings. The number of nitrogens with zero attached hydrogens (tertiary/aromatic N) is 3. The second kappa shape index (κ2) is 12.5. The lowest BCUT2D eigenvalue weighted by molar-refractivity contribution is 0.0665. The smallest absolute Gasteiger partial charge is 0.225 e. The number of aryl methyl sites for hydroxylation is 2. The van der Waals surface area contributed by atoms with Crippen molar-refractivity contribution >= 4 is 17.5 Å². The summed E-state index contributed by atoms with van der Waals surface area (Å²) in [7, 11) is 0. The first kappa shape index (κ1) is 25.6. The lowest BCUT2D eigenvalue weighted by atomic mass is 9.92. The summed E-state index contributed by atoms with van der Waals surface area (Å²) in [6, 6.07) is 3.86. The topological polar surface area (TPSA) is 111 Å². The van der Waals surface area contributed by atoms with Crippen molar-refractivity contribution in [1.82, 2.24) is 15.3 Å². The quantitative estimate of drug-likeness (QED) is 0.288. The highest BCUT2D eigenvalue weighted by molar-refractivity contribution is 6.30. The molecule has 3 rings (SSSR count). The molecular formula is C24H35ClN4O4. The minimum absolute atomic E-state index is 0.112. The maximum Gasteiger partial charge on any atom is 0.225 e. The van der Waals surface area contributed by atoms with Crippen molar-refractivity contribution < 1.29 is 20.1 Å². The van der Waals surface area contributed by atoms with Gasteiger partial charge in [0, 0.05) is 25.2 Å². The van der Waals surface area contributed by atoms with E-state index in [1.165, 1.54) is 0 Å². The first-order valence-electron chi connectivity index (χ1n) is 11.5. The van der Waals surface area contributed by atoms with Gasteiger partial charge in [0.05, 0.1) is 36.7 Å². The fourth-order valence-corrected chi connectivity index (χ4v) is 4.41. The number of nitrogens with one attached hydrogen (secondary N) is 1. The molecule has 0 spiro atoms. The lowest BCUT2D eigenvalue weighted by Crippen LogP contribution is -2.34. The molecule has 0 radical (unpaired) electrons. The fourth-order valence-electron chi connectivity index (χ4n) is 4.32. The van der Waals surface area contributed by atoms with E-state index < -0.39 is 12.3 Å². The second-order valence-electron chi connectivity index (χ2n) is 8.74. The molecule has 0 bridgehead atoms. The van der Waals surface area contributed by atoms with Gasteiger partial charge in [0.1, 0.15) is 12.0 Å². The van der Waals surface area contributed by atoms with E-state index in [9.17, 15) is 10.2 Å². The van der Waals surface area contributed by atoms with Crippen LogP contribution in [-0.2, 0) is 0 Å². The number of hydrogen-bond acceptors (Lipinski definition) is 8. The molecule has 2 aromatic rings. The summed E-state index contributed by atoms with van der Waals surface area (Å²) in [4.78, 5) is 10.8. The Morgan fingerprint density at radius 1 is 1.15 bits per heavy atom. The highest BCUT2D eigenvalue weighted by Crippen LogP contribution is 2.27. The van der Waals surface area contributed by atoms with Crippen LogP contribution >= 0.6 is 11.6 Å². The monoisotopic (exact) mass is 478 g/mol. The summed E-state index contributed by atoms with van der Waals surface area (Å²) in [6.45, 7) is 6.20. The Morgan fingerprint density at radius 3 is 2.39 bits per heavy atom. The highest BCUT2D eigenvalue weighted by Gasteiger charge is 2.21. The third kappa shape index (κ3) is 7.52. The van der Waals surface area contributed by atoms with Crippen molar-refractivity contribution in [3.05, 3.63) is 46.2 Å². The van der Waals surface area contributed by atoms with Gasteiger partial charge in [0.2, 0.25) is 5.95 Å². The van der Waals surface area contributed by atoms with Gasteiger partial charge in [-0.15, -0.1) is 0 Å². The maximum absolute atomic E-state index is 10.4. The van der Waals surface area contributed by atoms with Crippen LogP contribution in [0.25, 0.3) is 0 Å². The van der Waals surface area contributed by atoms with E-state index in [0.29, 0.717) is 17.5 Å². The molecule has 182 valence electrons. The van der Waals surface area contributed by atoms with Crippen molar-refractivity contribution in [2.45, 2.75) is 51.9 Å². The third-order valence-electron chi connectivity index (χ3n) is 6.13. The summed E-state index contributed by atoms with van der Waals surface area (Å²) in [5, 5.41) is 32.2. The minimum Gasteiger partial charge on any atom is -0.494 e. The van der Waals surface area contributed by atoms with Crippen LogP contribution in [0.15, 0.2) is 24.5 Å². The van der Waals surface area contributed by atoms with Crippen molar-refractivity contribution in [3.8, 4) is 5.75 Å². The standard InChI is InChI=1S/C24H35ClN4O4/c1-16-10-21(11-17(2)22(16)23(32)26-14-20(31)15-30)33-9-3-4-18-5-7-29(8-6-18)24-27-12-19(25)13-28-24/h10-13,18,20,23,26,30-32H,3-9,14-15H2,1-2H3/t20-,23?/m1/s1. The molecule has 0 saturated carbocycles. The van der Waals surface area contributed by atoms with Gasteiger partial charge in [-0.25, -0.2) is 9.97 Å². The van der Waals surface area contributed by atoms with Gasteiger partial charge in [0.25, 0.3) is 0 Å². The normalized spacial score (nSPS) is 16.6. The van der Waals surface area contributed by atoms with E-state index >= 15 is 0 Å². The Hall–Kier alpha value is -1.97. The number of ether oxygens (including phenoxy) is 1. The highest BCUT2D eigenvalue weighted by atomic mass is 35.5. The number of rotatable bonds is 11. The molecule has 1 aliphatic rings. The fraction of sp³-hybridized carbons (Fsp3) is 0.583. The maximum atomic E-state index is 10.4. The van der Waals surface area contributed by atoms with Crippen LogP contribution in [0.3, 0.4) is 0 Å². The predicted molar refractivity (Wildman–Crippen MR) is 129 cm³/mol. The van der Waals surface area contributed by atoms with E-state index in [0.717, 1.165) is 67.2 Å². The van der Waals surface area contributed by atoms with Crippen LogP contribution in [0.1, 0.15) is 48.6 Å². The van der Waals surface area contributed by atoms with Crippen LogP contribution in [0, 0.1) is 19.8 Å². The van der Waals surface area contributed by atoms with E-state index in [-0.39, 0.29) is 13.2 Å². The first-order chi connectivity index (χ1) is 15.9. The van der Waals surface area contributed by atoms with E-state index in [1.807, 2.05) is 26.0 Å². The van der Waals surface area contributed by atoms with Gasteiger partial charge in [-0.05, 0) is 68.7 Å². The average molecular weight is 479 g/mol. The Labute approximate surface area is 200 Å². The van der Waals surface area contributed by atoms with E-state index in [4.69, 9.17) is 21.4 Å². The lowest BCUT2D eigenvalue weighted by Gasteiger charge is -2.32. The summed E-state index contributed by atoms with van der Waals surface area (Å²) >= 11 is 5.87. The Morgan fingerprint density at radius 2 is 1.79 bits per heavy atom. The largest absolute Gasteiger partial charge is 0.494 e. The van der Waals surface area contributed by atoms with Crippen molar-refractivity contribution in [2.75, 3.05) is 37.7 Å². The summed E-state index contributed by atoms with van der Waals surface area (Å²) < 4.78 is 5.99. The molecule has 4 N–H and O–H groups in total. The van der Waals surface area contributed by atoms with Crippen LogP contribution in [-0.4, -0.2) is 64.2 Å². The molecule has 1 saturated heterocycles. The zero-order chi connectivity index (χ0) is 23.8. The molecule has 2 atom stereocenters.